The van der Waals surface area contributed by atoms with Gasteiger partial charge in [-0.15, -0.1) is 0 Å². The Labute approximate surface area is 164 Å². The predicted molar refractivity (Wildman–Crippen MR) is 105 cm³/mol. The summed E-state index contributed by atoms with van der Waals surface area (Å²) in [5, 5.41) is 2.98. The van der Waals surface area contributed by atoms with Crippen molar-refractivity contribution in [2.75, 3.05) is 53.1 Å². The number of morpholine rings is 1. The van der Waals surface area contributed by atoms with Gasteiger partial charge in [0.25, 0.3) is 5.91 Å². The van der Waals surface area contributed by atoms with Crippen molar-refractivity contribution >= 4 is 21.8 Å². The fraction of sp³-hybridized carbons (Fsp3) is 0.632. The topological polar surface area (TPSA) is 60.0 Å². The van der Waals surface area contributed by atoms with Crippen molar-refractivity contribution in [3.63, 3.8) is 0 Å². The molecule has 0 aromatic heterocycles. The number of nitrogens with zero attached hydrogens (tertiary/aromatic N) is 1. The Balaban J connectivity index is 1.80. The molecule has 0 saturated carbocycles. The summed E-state index contributed by atoms with van der Waals surface area (Å²) in [5.41, 5.74) is 0.561. The highest BCUT2D eigenvalue weighted by Crippen LogP contribution is 2.36. The molecule has 0 unspecified atom stereocenters. The van der Waals surface area contributed by atoms with E-state index < -0.39 is 0 Å². The van der Waals surface area contributed by atoms with Crippen molar-refractivity contribution in [3.05, 3.63) is 22.2 Å². The second-order valence-electron chi connectivity index (χ2n) is 6.25. The minimum Gasteiger partial charge on any atom is -0.493 e. The van der Waals surface area contributed by atoms with E-state index in [1.807, 2.05) is 6.92 Å². The summed E-state index contributed by atoms with van der Waals surface area (Å²) in [4.78, 5) is 14.8. The molecule has 1 saturated heterocycles. The number of ether oxygens (including phenoxy) is 3. The first-order valence-corrected chi connectivity index (χ1v) is 10.0. The Morgan fingerprint density at radius 2 is 2.08 bits per heavy atom. The number of amides is 1. The van der Waals surface area contributed by atoms with Crippen LogP contribution in [-0.2, 0) is 4.74 Å². The van der Waals surface area contributed by atoms with Crippen LogP contribution in [0.15, 0.2) is 16.6 Å². The zero-order valence-electron chi connectivity index (χ0n) is 15.7. The molecule has 0 spiro atoms. The lowest BCUT2D eigenvalue weighted by atomic mass is 10.2. The molecule has 1 N–H and O–H groups in total. The Morgan fingerprint density at radius 3 is 2.77 bits per heavy atom. The number of rotatable bonds is 10. The van der Waals surface area contributed by atoms with Crippen LogP contribution in [0.5, 0.6) is 11.5 Å². The highest BCUT2D eigenvalue weighted by atomic mass is 79.9. The van der Waals surface area contributed by atoms with Gasteiger partial charge in [0.1, 0.15) is 0 Å². The molecule has 146 valence electrons. The largest absolute Gasteiger partial charge is 0.493 e. The Bertz CT molecular complexity index is 577. The van der Waals surface area contributed by atoms with Crippen LogP contribution >= 0.6 is 15.9 Å². The molecule has 1 amide bonds. The molecule has 1 aromatic carbocycles. The molecule has 1 aromatic rings. The zero-order valence-corrected chi connectivity index (χ0v) is 17.3. The van der Waals surface area contributed by atoms with Crippen LogP contribution in [0.4, 0.5) is 0 Å². The van der Waals surface area contributed by atoms with Gasteiger partial charge in [-0.3, -0.25) is 9.69 Å². The average Bonchev–Trinajstić information content (AvgIpc) is 2.66. The van der Waals surface area contributed by atoms with E-state index in [0.717, 1.165) is 56.6 Å². The summed E-state index contributed by atoms with van der Waals surface area (Å²) in [6.45, 7) is 8.03. The SMILES string of the molecule is CCCOc1c(Br)cc(C(=O)NCCCCN2CCOCC2)cc1OC. The molecule has 0 radical (unpaired) electrons. The molecular formula is C19H29BrN2O4. The van der Waals surface area contributed by atoms with E-state index in [2.05, 4.69) is 26.1 Å². The van der Waals surface area contributed by atoms with Gasteiger partial charge >= 0.3 is 0 Å². The first-order chi connectivity index (χ1) is 12.7. The van der Waals surface area contributed by atoms with Gasteiger partial charge in [0.15, 0.2) is 11.5 Å². The number of benzene rings is 1. The number of hydrogen-bond donors (Lipinski definition) is 1. The molecule has 2 rings (SSSR count). The van der Waals surface area contributed by atoms with E-state index in [9.17, 15) is 4.79 Å². The van der Waals surface area contributed by atoms with E-state index in [4.69, 9.17) is 14.2 Å². The van der Waals surface area contributed by atoms with Gasteiger partial charge in [0.2, 0.25) is 0 Å². The third-order valence-corrected chi connectivity index (χ3v) is 4.82. The van der Waals surface area contributed by atoms with Crippen molar-refractivity contribution in [2.24, 2.45) is 0 Å². The monoisotopic (exact) mass is 428 g/mol. The summed E-state index contributed by atoms with van der Waals surface area (Å²) in [7, 11) is 1.58. The molecule has 7 heteroatoms. The van der Waals surface area contributed by atoms with Crippen LogP contribution in [0, 0.1) is 0 Å². The maximum Gasteiger partial charge on any atom is 0.251 e. The normalized spacial score (nSPS) is 14.9. The predicted octanol–water partition coefficient (Wildman–Crippen LogP) is 3.09. The number of unbranched alkanes of at least 4 members (excludes halogenated alkanes) is 1. The summed E-state index contributed by atoms with van der Waals surface area (Å²) >= 11 is 3.47. The molecule has 1 heterocycles. The molecule has 1 aliphatic heterocycles. The summed E-state index contributed by atoms with van der Waals surface area (Å²) in [5.74, 6) is 1.10. The smallest absolute Gasteiger partial charge is 0.251 e. The lowest BCUT2D eigenvalue weighted by molar-refractivity contribution is 0.0372. The number of halogens is 1. The first-order valence-electron chi connectivity index (χ1n) is 9.24. The number of carbonyl (C=O) groups is 1. The van der Waals surface area contributed by atoms with E-state index in [1.54, 1.807) is 19.2 Å². The van der Waals surface area contributed by atoms with E-state index >= 15 is 0 Å². The van der Waals surface area contributed by atoms with Gasteiger partial charge in [0, 0.05) is 25.2 Å². The van der Waals surface area contributed by atoms with Gasteiger partial charge in [-0.25, -0.2) is 0 Å². The molecule has 0 aliphatic carbocycles. The van der Waals surface area contributed by atoms with Crippen molar-refractivity contribution in [1.29, 1.82) is 0 Å². The Kier molecular flexibility index (Phi) is 9.22. The van der Waals surface area contributed by atoms with Crippen molar-refractivity contribution in [3.8, 4) is 11.5 Å². The minimum absolute atomic E-state index is 0.0996. The number of hydrogen-bond acceptors (Lipinski definition) is 5. The lowest BCUT2D eigenvalue weighted by Gasteiger charge is -2.26. The fourth-order valence-electron chi connectivity index (χ4n) is 2.78. The van der Waals surface area contributed by atoms with Gasteiger partial charge in [-0.05, 0) is 53.9 Å². The van der Waals surface area contributed by atoms with Crippen LogP contribution in [0.2, 0.25) is 0 Å². The summed E-state index contributed by atoms with van der Waals surface area (Å²) < 4.78 is 17.1. The maximum absolute atomic E-state index is 12.4. The standard InChI is InChI=1S/C19H29BrN2O4/c1-3-10-26-18-16(20)13-15(14-17(18)24-2)19(23)21-6-4-5-7-22-8-11-25-12-9-22/h13-14H,3-12H2,1-2H3,(H,21,23). The van der Waals surface area contributed by atoms with Gasteiger partial charge in [-0.1, -0.05) is 6.92 Å². The molecule has 0 atom stereocenters. The first kappa shape index (κ1) is 21.0. The average molecular weight is 429 g/mol. The van der Waals surface area contributed by atoms with E-state index in [1.165, 1.54) is 0 Å². The van der Waals surface area contributed by atoms with Crippen molar-refractivity contribution in [2.45, 2.75) is 26.2 Å². The lowest BCUT2D eigenvalue weighted by Crippen LogP contribution is -2.37. The highest BCUT2D eigenvalue weighted by molar-refractivity contribution is 9.10. The van der Waals surface area contributed by atoms with Crippen LogP contribution < -0.4 is 14.8 Å². The van der Waals surface area contributed by atoms with Crippen molar-refractivity contribution in [1.82, 2.24) is 10.2 Å². The van der Waals surface area contributed by atoms with Gasteiger partial charge in [0.05, 0.1) is 31.4 Å². The van der Waals surface area contributed by atoms with Gasteiger partial charge in [-0.2, -0.15) is 0 Å². The minimum atomic E-state index is -0.0996. The van der Waals surface area contributed by atoms with Gasteiger partial charge < -0.3 is 19.5 Å². The molecule has 1 fully saturated rings. The molecule has 6 nitrogen and oxygen atoms in total. The molecule has 26 heavy (non-hydrogen) atoms. The third kappa shape index (κ3) is 6.45. The van der Waals surface area contributed by atoms with Crippen LogP contribution in [0.3, 0.4) is 0 Å². The fourth-order valence-corrected chi connectivity index (χ4v) is 3.34. The number of methoxy groups -OCH3 is 1. The Morgan fingerprint density at radius 1 is 1.31 bits per heavy atom. The zero-order chi connectivity index (χ0) is 18.8. The summed E-state index contributed by atoms with van der Waals surface area (Å²) in [6.07, 6.45) is 2.93. The van der Waals surface area contributed by atoms with E-state index in [-0.39, 0.29) is 5.91 Å². The number of nitrogens with one attached hydrogen (secondary N) is 1. The molecule has 1 aliphatic rings. The van der Waals surface area contributed by atoms with Crippen LogP contribution in [0.1, 0.15) is 36.5 Å². The maximum atomic E-state index is 12.4. The quantitative estimate of drug-likeness (QED) is 0.580. The Hall–Kier alpha value is -1.31. The van der Waals surface area contributed by atoms with Crippen LogP contribution in [-0.4, -0.2) is 63.9 Å². The highest BCUT2D eigenvalue weighted by Gasteiger charge is 2.15. The number of carbonyl (C=O) groups excluding carboxylic acids is 1. The second-order valence-corrected chi connectivity index (χ2v) is 7.11. The molecule has 0 bridgehead atoms. The third-order valence-electron chi connectivity index (χ3n) is 4.23. The van der Waals surface area contributed by atoms with Crippen molar-refractivity contribution < 1.29 is 19.0 Å². The molecular weight excluding hydrogens is 400 g/mol. The second kappa shape index (κ2) is 11.4. The van der Waals surface area contributed by atoms with E-state index in [0.29, 0.717) is 30.2 Å². The van der Waals surface area contributed by atoms with Crippen LogP contribution in [0.25, 0.3) is 0 Å². The summed E-state index contributed by atoms with van der Waals surface area (Å²) in [6, 6.07) is 3.50.